The van der Waals surface area contributed by atoms with Crippen molar-refractivity contribution in [2.24, 2.45) is 0 Å². The van der Waals surface area contributed by atoms with Crippen molar-refractivity contribution in [1.82, 2.24) is 14.0 Å². The van der Waals surface area contributed by atoms with Gasteiger partial charge in [-0.25, -0.2) is 0 Å². The fourth-order valence-electron chi connectivity index (χ4n) is 2.25. The average Bonchev–Trinajstić information content (AvgIpc) is 2.62. The average molecular weight is 461 g/mol. The number of halogens is 2. The van der Waals surface area contributed by atoms with Crippen molar-refractivity contribution in [3.8, 4) is 0 Å². The molecule has 0 saturated carbocycles. The molecule has 156 valence electrons. The summed E-state index contributed by atoms with van der Waals surface area (Å²) in [4.78, 5) is 27.5. The van der Waals surface area contributed by atoms with Gasteiger partial charge in [0.1, 0.15) is 6.04 Å². The predicted molar refractivity (Wildman–Crippen MR) is 110 cm³/mol. The third kappa shape index (κ3) is 6.12. The van der Waals surface area contributed by atoms with E-state index in [1.165, 1.54) is 26.5 Å². The van der Waals surface area contributed by atoms with Crippen LogP contribution >= 0.6 is 23.2 Å². The Morgan fingerprint density at radius 1 is 1.14 bits per heavy atom. The second-order valence-corrected chi connectivity index (χ2v) is 8.86. The van der Waals surface area contributed by atoms with Crippen molar-refractivity contribution in [1.29, 1.82) is 0 Å². The molecule has 0 fully saturated rings. The van der Waals surface area contributed by atoms with Crippen molar-refractivity contribution < 1.29 is 23.1 Å². The van der Waals surface area contributed by atoms with Crippen LogP contribution in [-0.4, -0.2) is 54.8 Å². The molecule has 9 nitrogen and oxygen atoms in total. The van der Waals surface area contributed by atoms with Crippen LogP contribution in [0.2, 0.25) is 10.0 Å². The van der Waals surface area contributed by atoms with E-state index in [0.717, 1.165) is 4.31 Å². The molecule has 1 atom stereocenters. The molecule has 2 rings (SSSR count). The topological polar surface area (TPSA) is 129 Å². The normalized spacial score (nSPS) is 12.6. The summed E-state index contributed by atoms with van der Waals surface area (Å²) in [7, 11) is -1.33. The van der Waals surface area contributed by atoms with Crippen LogP contribution < -0.4 is 10.0 Å². The van der Waals surface area contributed by atoms with Gasteiger partial charge in [0.25, 0.3) is 16.1 Å². The Morgan fingerprint density at radius 2 is 1.69 bits per heavy atom. The molecule has 1 aromatic carbocycles. The zero-order valence-corrected chi connectivity index (χ0v) is 17.7. The van der Waals surface area contributed by atoms with E-state index in [0.29, 0.717) is 11.3 Å². The quantitative estimate of drug-likeness (QED) is 0.552. The van der Waals surface area contributed by atoms with E-state index in [1.54, 1.807) is 24.3 Å². The number of anilines is 1. The van der Waals surface area contributed by atoms with Crippen molar-refractivity contribution >= 4 is 51.0 Å². The van der Waals surface area contributed by atoms with Crippen LogP contribution in [0.1, 0.15) is 15.9 Å². The molecule has 2 aromatic rings. The van der Waals surface area contributed by atoms with E-state index >= 15 is 0 Å². The molecule has 1 heterocycles. The monoisotopic (exact) mass is 460 g/mol. The second-order valence-electron chi connectivity index (χ2n) is 6.13. The summed E-state index contributed by atoms with van der Waals surface area (Å²) in [5, 5.41) is 12.1. The number of hydrogen-bond acceptors (Lipinski definition) is 5. The Balaban J connectivity index is 2.11. The zero-order valence-electron chi connectivity index (χ0n) is 15.4. The molecule has 3 N–H and O–H groups in total. The third-order valence-corrected chi connectivity index (χ3v) is 5.92. The third-order valence-electron chi connectivity index (χ3n) is 3.80. The molecule has 12 heteroatoms. The molecule has 0 aliphatic carbocycles. The molecular weight excluding hydrogens is 443 g/mol. The zero-order chi connectivity index (χ0) is 21.8. The Labute approximate surface area is 177 Å². The number of carboxylic acid groups (broad SMARTS) is 1. The lowest BCUT2D eigenvalue weighted by molar-refractivity contribution is -0.138. The van der Waals surface area contributed by atoms with Gasteiger partial charge < -0.3 is 10.4 Å². The molecule has 0 aliphatic rings. The Kier molecular flexibility index (Phi) is 7.55. The van der Waals surface area contributed by atoms with Crippen LogP contribution in [-0.2, 0) is 21.4 Å². The number of aliphatic carboxylic acids is 1. The molecule has 0 aliphatic heterocycles. The fourth-order valence-corrected chi connectivity index (χ4v) is 3.54. The number of amides is 1. The van der Waals surface area contributed by atoms with E-state index in [1.807, 2.05) is 0 Å². The van der Waals surface area contributed by atoms with E-state index in [9.17, 15) is 23.1 Å². The molecular formula is C17H18Cl2N4O5S. The van der Waals surface area contributed by atoms with E-state index in [4.69, 9.17) is 23.2 Å². The van der Waals surface area contributed by atoms with E-state index in [2.05, 4.69) is 15.0 Å². The second kappa shape index (κ2) is 9.51. The Bertz CT molecular complexity index is 993. The summed E-state index contributed by atoms with van der Waals surface area (Å²) in [5.74, 6) is -1.84. The van der Waals surface area contributed by atoms with Gasteiger partial charge in [0.05, 0.1) is 15.6 Å². The summed E-state index contributed by atoms with van der Waals surface area (Å²) < 4.78 is 26.8. The molecule has 1 unspecified atom stereocenters. The molecule has 0 radical (unpaired) electrons. The number of benzene rings is 1. The molecule has 0 saturated heterocycles. The van der Waals surface area contributed by atoms with Crippen molar-refractivity contribution in [2.45, 2.75) is 12.5 Å². The van der Waals surface area contributed by atoms with Crippen LogP contribution in [0, 0.1) is 0 Å². The molecule has 0 bridgehead atoms. The fraction of sp³-hybridized carbons (Fsp3) is 0.235. The lowest BCUT2D eigenvalue weighted by Crippen LogP contribution is -2.47. The van der Waals surface area contributed by atoms with Crippen molar-refractivity contribution in [3.05, 3.63) is 57.8 Å². The number of rotatable bonds is 8. The standard InChI is InChI=1S/C17H18Cl2N4O5S/c1-23(2)29(27,28)22-14(17(25)26)7-10-3-5-11(6-4-10)21-16(24)15-12(18)8-20-9-13(15)19/h3-6,8-9,14,22H,7H2,1-2H3,(H,21,24)(H,25,26). The van der Waals surface area contributed by atoms with Crippen LogP contribution in [0.4, 0.5) is 5.69 Å². The maximum absolute atomic E-state index is 12.4. The molecule has 29 heavy (non-hydrogen) atoms. The number of aromatic nitrogens is 1. The van der Waals surface area contributed by atoms with Crippen LogP contribution in [0.3, 0.4) is 0 Å². The minimum atomic E-state index is -3.91. The first-order chi connectivity index (χ1) is 13.5. The highest BCUT2D eigenvalue weighted by Crippen LogP contribution is 2.24. The van der Waals surface area contributed by atoms with E-state index in [-0.39, 0.29) is 22.0 Å². The van der Waals surface area contributed by atoms with Gasteiger partial charge >= 0.3 is 5.97 Å². The molecule has 0 spiro atoms. The highest BCUT2D eigenvalue weighted by atomic mass is 35.5. The number of carbonyl (C=O) groups is 2. The maximum atomic E-state index is 12.4. The summed E-state index contributed by atoms with van der Waals surface area (Å²) in [5.41, 5.74) is 1.05. The first-order valence-corrected chi connectivity index (χ1v) is 10.3. The molecule has 1 amide bonds. The minimum absolute atomic E-state index is 0.0800. The largest absolute Gasteiger partial charge is 0.480 e. The number of nitrogens with one attached hydrogen (secondary N) is 2. The van der Waals surface area contributed by atoms with Gasteiger partial charge in [-0.3, -0.25) is 14.6 Å². The predicted octanol–water partition coefficient (Wildman–Crippen LogP) is 2.03. The first-order valence-electron chi connectivity index (χ1n) is 8.13. The van der Waals surface area contributed by atoms with Crippen molar-refractivity contribution in [2.75, 3.05) is 19.4 Å². The first kappa shape index (κ1) is 23.0. The summed E-state index contributed by atoms with van der Waals surface area (Å²) in [6.07, 6.45) is 2.51. The van der Waals surface area contributed by atoms with Gasteiger partial charge in [-0.05, 0) is 24.1 Å². The number of nitrogens with zero attached hydrogens (tertiary/aromatic N) is 2. The van der Waals surface area contributed by atoms with Gasteiger partial charge in [0.15, 0.2) is 0 Å². The summed E-state index contributed by atoms with van der Waals surface area (Å²) in [6, 6.07) is 4.90. The van der Waals surface area contributed by atoms with Gasteiger partial charge in [0, 0.05) is 32.2 Å². The highest BCUT2D eigenvalue weighted by Gasteiger charge is 2.25. The summed E-state index contributed by atoms with van der Waals surface area (Å²) in [6.45, 7) is 0. The number of carbonyl (C=O) groups excluding carboxylic acids is 1. The molecule has 1 aromatic heterocycles. The minimum Gasteiger partial charge on any atom is -0.480 e. The SMILES string of the molecule is CN(C)S(=O)(=O)NC(Cc1ccc(NC(=O)c2c(Cl)cncc2Cl)cc1)C(=O)O. The van der Waals surface area contributed by atoms with E-state index < -0.39 is 28.1 Å². The van der Waals surface area contributed by atoms with Crippen molar-refractivity contribution in [3.63, 3.8) is 0 Å². The lowest BCUT2D eigenvalue weighted by Gasteiger charge is -2.18. The van der Waals surface area contributed by atoms with Crippen LogP contribution in [0.25, 0.3) is 0 Å². The number of carboxylic acids is 1. The van der Waals surface area contributed by atoms with Crippen LogP contribution in [0.15, 0.2) is 36.7 Å². The van der Waals surface area contributed by atoms with Gasteiger partial charge in [-0.2, -0.15) is 17.4 Å². The Hall–Kier alpha value is -2.24. The van der Waals surface area contributed by atoms with Gasteiger partial charge in [0.2, 0.25) is 0 Å². The summed E-state index contributed by atoms with van der Waals surface area (Å²) >= 11 is 11.9. The van der Waals surface area contributed by atoms with Gasteiger partial charge in [-0.1, -0.05) is 35.3 Å². The lowest BCUT2D eigenvalue weighted by atomic mass is 10.1. The smallest absolute Gasteiger partial charge is 0.322 e. The Morgan fingerprint density at radius 3 is 2.17 bits per heavy atom. The maximum Gasteiger partial charge on any atom is 0.322 e. The highest BCUT2D eigenvalue weighted by molar-refractivity contribution is 7.87. The number of hydrogen-bond donors (Lipinski definition) is 3. The van der Waals surface area contributed by atoms with Crippen LogP contribution in [0.5, 0.6) is 0 Å². The van der Waals surface area contributed by atoms with Gasteiger partial charge in [-0.15, -0.1) is 0 Å². The number of pyridine rings is 1.